The fourth-order valence-corrected chi connectivity index (χ4v) is 1.97. The molecule has 0 bridgehead atoms. The van der Waals surface area contributed by atoms with Gasteiger partial charge in [0.25, 0.3) is 0 Å². The van der Waals surface area contributed by atoms with Gasteiger partial charge in [-0.2, -0.15) is 18.3 Å². The Morgan fingerprint density at radius 2 is 1.57 bits per heavy atom. The first-order chi connectivity index (χ1) is 13.2. The van der Waals surface area contributed by atoms with Crippen molar-refractivity contribution in [3.05, 3.63) is 65.2 Å². The van der Waals surface area contributed by atoms with Crippen LogP contribution in [0.5, 0.6) is 0 Å². The van der Waals surface area contributed by atoms with Crippen molar-refractivity contribution >= 4 is 29.7 Å². The average molecular weight is 393 g/mol. The average Bonchev–Trinajstić information content (AvgIpc) is 2.67. The first-order valence-electron chi connectivity index (χ1n) is 7.70. The summed E-state index contributed by atoms with van der Waals surface area (Å²) >= 11 is 0. The van der Waals surface area contributed by atoms with Crippen LogP contribution in [0.15, 0.2) is 53.6 Å². The van der Waals surface area contributed by atoms with Crippen LogP contribution in [0.1, 0.15) is 21.5 Å². The normalized spacial score (nSPS) is 11.1. The van der Waals surface area contributed by atoms with E-state index < -0.39 is 29.5 Å². The predicted molar refractivity (Wildman–Crippen MR) is 93.6 cm³/mol. The van der Waals surface area contributed by atoms with Crippen LogP contribution in [0.4, 0.5) is 18.9 Å². The first kappa shape index (κ1) is 20.6. The number of ether oxygens (including phenoxy) is 1. The number of anilines is 1. The maximum atomic E-state index is 12.5. The molecule has 0 saturated carbocycles. The van der Waals surface area contributed by atoms with E-state index in [1.807, 2.05) is 5.43 Å². The largest absolute Gasteiger partial charge is 0.465 e. The summed E-state index contributed by atoms with van der Waals surface area (Å²) in [5.41, 5.74) is 2.00. The SMILES string of the molecule is COC(=O)c1ccc(/C=N/NC(=O)C(=O)Nc2ccc(C(F)(F)F)cc2)cc1. The third-order valence-electron chi connectivity index (χ3n) is 3.39. The Hall–Kier alpha value is -3.69. The highest BCUT2D eigenvalue weighted by atomic mass is 19.4. The van der Waals surface area contributed by atoms with E-state index >= 15 is 0 Å². The van der Waals surface area contributed by atoms with E-state index in [1.165, 1.54) is 25.5 Å². The molecule has 2 N–H and O–H groups in total. The Balaban J connectivity index is 1.89. The van der Waals surface area contributed by atoms with Gasteiger partial charge >= 0.3 is 24.0 Å². The number of hydrogen-bond donors (Lipinski definition) is 2. The van der Waals surface area contributed by atoms with Gasteiger partial charge in [-0.1, -0.05) is 12.1 Å². The van der Waals surface area contributed by atoms with E-state index in [4.69, 9.17) is 0 Å². The zero-order chi connectivity index (χ0) is 20.7. The number of hydrogen-bond acceptors (Lipinski definition) is 5. The number of methoxy groups -OCH3 is 1. The van der Waals surface area contributed by atoms with Crippen molar-refractivity contribution < 1.29 is 32.3 Å². The number of nitrogens with one attached hydrogen (secondary N) is 2. The predicted octanol–water partition coefficient (Wildman–Crippen LogP) is 2.58. The van der Waals surface area contributed by atoms with E-state index in [0.717, 1.165) is 24.3 Å². The number of halogens is 3. The Morgan fingerprint density at radius 1 is 0.964 bits per heavy atom. The smallest absolute Gasteiger partial charge is 0.416 e. The summed E-state index contributed by atoms with van der Waals surface area (Å²) in [6.07, 6.45) is -3.26. The summed E-state index contributed by atoms with van der Waals surface area (Å²) in [5, 5.41) is 5.75. The molecule has 2 amide bonds. The van der Waals surface area contributed by atoms with Gasteiger partial charge in [0.2, 0.25) is 0 Å². The fourth-order valence-electron chi connectivity index (χ4n) is 1.97. The van der Waals surface area contributed by atoms with Gasteiger partial charge < -0.3 is 10.1 Å². The Morgan fingerprint density at radius 3 is 2.11 bits per heavy atom. The molecule has 0 spiro atoms. The molecule has 2 aromatic rings. The van der Waals surface area contributed by atoms with Crippen molar-refractivity contribution in [2.45, 2.75) is 6.18 Å². The van der Waals surface area contributed by atoms with Crippen LogP contribution in [0.3, 0.4) is 0 Å². The third-order valence-corrected chi connectivity index (χ3v) is 3.39. The Kier molecular flexibility index (Phi) is 6.48. The molecule has 146 valence electrons. The number of benzene rings is 2. The molecule has 10 heteroatoms. The first-order valence-corrected chi connectivity index (χ1v) is 7.70. The molecule has 2 aromatic carbocycles. The number of carbonyl (C=O) groups excluding carboxylic acids is 3. The van der Waals surface area contributed by atoms with E-state index in [9.17, 15) is 27.6 Å². The van der Waals surface area contributed by atoms with Gasteiger partial charge in [-0.3, -0.25) is 9.59 Å². The molecule has 0 fully saturated rings. The summed E-state index contributed by atoms with van der Waals surface area (Å²) in [4.78, 5) is 34.7. The minimum absolute atomic E-state index is 0.0236. The maximum Gasteiger partial charge on any atom is 0.416 e. The van der Waals surface area contributed by atoms with E-state index in [1.54, 1.807) is 12.1 Å². The highest BCUT2D eigenvalue weighted by Gasteiger charge is 2.30. The molecule has 0 atom stereocenters. The number of esters is 1. The lowest BCUT2D eigenvalue weighted by Crippen LogP contribution is -2.32. The second-order valence-corrected chi connectivity index (χ2v) is 5.34. The number of rotatable bonds is 4. The molecular weight excluding hydrogens is 379 g/mol. The molecule has 0 aliphatic carbocycles. The molecule has 0 aliphatic rings. The highest BCUT2D eigenvalue weighted by Crippen LogP contribution is 2.29. The monoisotopic (exact) mass is 393 g/mol. The molecule has 0 heterocycles. The lowest BCUT2D eigenvalue weighted by atomic mass is 10.1. The maximum absolute atomic E-state index is 12.5. The quantitative estimate of drug-likeness (QED) is 0.361. The molecule has 0 aromatic heterocycles. The molecule has 0 radical (unpaired) electrons. The van der Waals surface area contributed by atoms with Gasteiger partial charge in [0.05, 0.1) is 24.5 Å². The van der Waals surface area contributed by atoms with Gasteiger partial charge in [-0.15, -0.1) is 0 Å². The summed E-state index contributed by atoms with van der Waals surface area (Å²) in [7, 11) is 1.25. The number of alkyl halides is 3. The topological polar surface area (TPSA) is 96.9 Å². The van der Waals surface area contributed by atoms with E-state index in [2.05, 4.69) is 15.2 Å². The minimum Gasteiger partial charge on any atom is -0.465 e. The summed E-state index contributed by atoms with van der Waals surface area (Å²) in [6, 6.07) is 9.70. The van der Waals surface area contributed by atoms with Gasteiger partial charge in [0, 0.05) is 5.69 Å². The van der Waals surface area contributed by atoms with Crippen molar-refractivity contribution in [1.29, 1.82) is 0 Å². The lowest BCUT2D eigenvalue weighted by molar-refractivity contribution is -0.137. The van der Waals surface area contributed by atoms with Crippen molar-refractivity contribution in [1.82, 2.24) is 5.43 Å². The van der Waals surface area contributed by atoms with E-state index in [0.29, 0.717) is 11.1 Å². The number of carbonyl (C=O) groups is 3. The Labute approximate surface area is 157 Å². The Bertz CT molecular complexity index is 892. The van der Waals surface area contributed by atoms with E-state index in [-0.39, 0.29) is 5.69 Å². The van der Waals surface area contributed by atoms with Gasteiger partial charge in [0.1, 0.15) is 0 Å². The number of nitrogens with zero attached hydrogens (tertiary/aromatic N) is 1. The summed E-state index contributed by atoms with van der Waals surface area (Å²) in [6.45, 7) is 0. The van der Waals surface area contributed by atoms with Crippen LogP contribution >= 0.6 is 0 Å². The van der Waals surface area contributed by atoms with Crippen LogP contribution in [-0.2, 0) is 20.5 Å². The molecule has 0 unspecified atom stereocenters. The molecule has 2 rings (SSSR count). The van der Waals surface area contributed by atoms with Gasteiger partial charge in [-0.25, -0.2) is 10.2 Å². The highest BCUT2D eigenvalue weighted by molar-refractivity contribution is 6.39. The van der Waals surface area contributed by atoms with Crippen LogP contribution in [0.25, 0.3) is 0 Å². The molecule has 0 aliphatic heterocycles. The second-order valence-electron chi connectivity index (χ2n) is 5.34. The third kappa shape index (κ3) is 5.66. The van der Waals surface area contributed by atoms with Crippen molar-refractivity contribution in [3.8, 4) is 0 Å². The van der Waals surface area contributed by atoms with Crippen molar-refractivity contribution in [2.24, 2.45) is 5.10 Å². The van der Waals surface area contributed by atoms with Crippen LogP contribution in [-0.4, -0.2) is 31.1 Å². The summed E-state index contributed by atoms with van der Waals surface area (Å²) in [5.74, 6) is -2.71. The zero-order valence-electron chi connectivity index (χ0n) is 14.4. The minimum atomic E-state index is -4.50. The molecule has 7 nitrogen and oxygen atoms in total. The standard InChI is InChI=1S/C18H14F3N3O4/c1-28-17(27)12-4-2-11(3-5-12)10-22-24-16(26)15(25)23-14-8-6-13(7-9-14)18(19,20)21/h2-10H,1H3,(H,23,25)(H,24,26)/b22-10+. The summed E-state index contributed by atoms with van der Waals surface area (Å²) < 4.78 is 42.0. The number of amides is 2. The second kappa shape index (κ2) is 8.80. The van der Waals surface area contributed by atoms with Crippen LogP contribution in [0, 0.1) is 0 Å². The number of hydrazone groups is 1. The molecule has 28 heavy (non-hydrogen) atoms. The van der Waals surface area contributed by atoms with Crippen LogP contribution in [0.2, 0.25) is 0 Å². The zero-order valence-corrected chi connectivity index (χ0v) is 14.4. The van der Waals surface area contributed by atoms with Crippen LogP contribution < -0.4 is 10.7 Å². The fraction of sp³-hybridized carbons (Fsp3) is 0.111. The lowest BCUT2D eigenvalue weighted by Gasteiger charge is -2.08. The molecular formula is C18H14F3N3O4. The van der Waals surface area contributed by atoms with Gasteiger partial charge in [-0.05, 0) is 42.0 Å². The van der Waals surface area contributed by atoms with Crippen molar-refractivity contribution in [3.63, 3.8) is 0 Å². The van der Waals surface area contributed by atoms with Gasteiger partial charge in [0.15, 0.2) is 0 Å². The van der Waals surface area contributed by atoms with Crippen molar-refractivity contribution in [2.75, 3.05) is 12.4 Å². The molecule has 0 saturated heterocycles.